The summed E-state index contributed by atoms with van der Waals surface area (Å²) in [6.07, 6.45) is 0.685. The fourth-order valence-electron chi connectivity index (χ4n) is 2.00. The molecule has 0 radical (unpaired) electrons. The normalized spacial score (nSPS) is 12.2. The molecule has 106 valence electrons. The maximum atomic E-state index is 6.26. The van der Waals surface area contributed by atoms with Gasteiger partial charge < -0.3 is 10.5 Å². The number of halogens is 2. The fraction of sp³-hybridized carbons (Fsp3) is 0.250. The van der Waals surface area contributed by atoms with E-state index in [4.69, 9.17) is 22.1 Å². The van der Waals surface area contributed by atoms with Gasteiger partial charge in [0.15, 0.2) is 0 Å². The van der Waals surface area contributed by atoms with E-state index in [2.05, 4.69) is 15.9 Å². The van der Waals surface area contributed by atoms with Gasteiger partial charge in [-0.15, -0.1) is 0 Å². The lowest BCUT2D eigenvalue weighted by molar-refractivity contribution is 0.470. The number of ether oxygens (including phenoxy) is 1. The summed E-state index contributed by atoms with van der Waals surface area (Å²) in [6, 6.07) is 11.6. The molecule has 2 aromatic rings. The zero-order valence-corrected chi connectivity index (χ0v) is 13.8. The Bertz CT molecular complexity index is 613. The minimum Gasteiger partial charge on any atom is -0.457 e. The first-order valence-electron chi connectivity index (χ1n) is 6.44. The summed E-state index contributed by atoms with van der Waals surface area (Å²) >= 11 is 9.71. The molecule has 0 bridgehead atoms. The minimum absolute atomic E-state index is 0.0308. The van der Waals surface area contributed by atoms with Gasteiger partial charge >= 0.3 is 0 Å². The van der Waals surface area contributed by atoms with Crippen LogP contribution < -0.4 is 10.5 Å². The summed E-state index contributed by atoms with van der Waals surface area (Å²) in [7, 11) is 0. The van der Waals surface area contributed by atoms with Crippen molar-refractivity contribution in [3.63, 3.8) is 0 Å². The van der Waals surface area contributed by atoms with Gasteiger partial charge in [-0.05, 0) is 56.2 Å². The van der Waals surface area contributed by atoms with Crippen LogP contribution in [0, 0.1) is 6.92 Å². The molecule has 20 heavy (non-hydrogen) atoms. The van der Waals surface area contributed by atoms with E-state index in [1.54, 1.807) is 0 Å². The van der Waals surface area contributed by atoms with Gasteiger partial charge in [-0.25, -0.2) is 0 Å². The van der Waals surface area contributed by atoms with E-state index in [1.165, 1.54) is 0 Å². The fourth-order valence-corrected chi connectivity index (χ4v) is 2.72. The Kier molecular flexibility index (Phi) is 5.08. The molecule has 0 heterocycles. The second kappa shape index (κ2) is 6.61. The summed E-state index contributed by atoms with van der Waals surface area (Å²) in [5.41, 5.74) is 7.90. The SMILES string of the molecule is Cc1cc(Br)ccc1Oc1cccc(Cl)c1CC(C)N. The quantitative estimate of drug-likeness (QED) is 0.829. The lowest BCUT2D eigenvalue weighted by Crippen LogP contribution is -2.18. The molecule has 0 aliphatic heterocycles. The number of rotatable bonds is 4. The first kappa shape index (κ1) is 15.4. The second-order valence-electron chi connectivity index (χ2n) is 4.91. The van der Waals surface area contributed by atoms with Crippen LogP contribution in [0.25, 0.3) is 0 Å². The van der Waals surface area contributed by atoms with E-state index >= 15 is 0 Å². The topological polar surface area (TPSA) is 35.2 Å². The van der Waals surface area contributed by atoms with Gasteiger partial charge in [0.05, 0.1) is 0 Å². The summed E-state index contributed by atoms with van der Waals surface area (Å²) in [6.45, 7) is 3.97. The van der Waals surface area contributed by atoms with Crippen molar-refractivity contribution in [3.05, 3.63) is 57.0 Å². The van der Waals surface area contributed by atoms with Gasteiger partial charge in [-0.2, -0.15) is 0 Å². The third-order valence-corrected chi connectivity index (χ3v) is 3.81. The van der Waals surface area contributed by atoms with Gasteiger partial charge in [-0.3, -0.25) is 0 Å². The van der Waals surface area contributed by atoms with Crippen molar-refractivity contribution in [1.82, 2.24) is 0 Å². The second-order valence-corrected chi connectivity index (χ2v) is 6.23. The number of benzene rings is 2. The molecule has 0 aliphatic rings. The number of hydrogen-bond donors (Lipinski definition) is 1. The van der Waals surface area contributed by atoms with Gasteiger partial charge in [0, 0.05) is 21.1 Å². The lowest BCUT2D eigenvalue weighted by Gasteiger charge is -2.15. The molecule has 0 aromatic heterocycles. The van der Waals surface area contributed by atoms with Crippen LogP contribution in [0.5, 0.6) is 11.5 Å². The maximum Gasteiger partial charge on any atom is 0.132 e. The molecule has 2 aromatic carbocycles. The molecule has 1 unspecified atom stereocenters. The lowest BCUT2D eigenvalue weighted by atomic mass is 10.1. The number of hydrogen-bond acceptors (Lipinski definition) is 2. The van der Waals surface area contributed by atoms with E-state index in [9.17, 15) is 0 Å². The summed E-state index contributed by atoms with van der Waals surface area (Å²) in [5, 5.41) is 0.689. The molecule has 0 spiro atoms. The van der Waals surface area contributed by atoms with Gasteiger partial charge in [-0.1, -0.05) is 33.6 Å². The predicted octanol–water partition coefficient (Wildman–Crippen LogP) is 5.09. The molecule has 0 amide bonds. The highest BCUT2D eigenvalue weighted by molar-refractivity contribution is 9.10. The summed E-state index contributed by atoms with van der Waals surface area (Å²) < 4.78 is 7.05. The average molecular weight is 355 g/mol. The van der Waals surface area contributed by atoms with Crippen LogP contribution in [0.1, 0.15) is 18.1 Å². The van der Waals surface area contributed by atoms with E-state index in [1.807, 2.05) is 50.2 Å². The zero-order valence-electron chi connectivity index (χ0n) is 11.5. The van der Waals surface area contributed by atoms with Crippen LogP contribution in [-0.2, 0) is 6.42 Å². The van der Waals surface area contributed by atoms with Crippen LogP contribution in [0.2, 0.25) is 5.02 Å². The van der Waals surface area contributed by atoms with E-state index in [-0.39, 0.29) is 6.04 Å². The largest absolute Gasteiger partial charge is 0.457 e. The predicted molar refractivity (Wildman–Crippen MR) is 87.8 cm³/mol. The highest BCUT2D eigenvalue weighted by Crippen LogP contribution is 2.33. The third kappa shape index (κ3) is 3.75. The first-order chi connectivity index (χ1) is 9.47. The zero-order chi connectivity index (χ0) is 14.7. The molecule has 0 fully saturated rings. The Morgan fingerprint density at radius 3 is 2.65 bits per heavy atom. The van der Waals surface area contributed by atoms with Crippen molar-refractivity contribution >= 4 is 27.5 Å². The Hall–Kier alpha value is -1.03. The Labute approximate surface area is 133 Å². The van der Waals surface area contributed by atoms with Crippen molar-refractivity contribution in [3.8, 4) is 11.5 Å². The van der Waals surface area contributed by atoms with Crippen molar-refractivity contribution < 1.29 is 4.74 Å². The highest BCUT2D eigenvalue weighted by Gasteiger charge is 2.12. The molecule has 2 rings (SSSR count). The monoisotopic (exact) mass is 353 g/mol. The molecule has 0 aliphatic carbocycles. The molecule has 0 saturated heterocycles. The minimum atomic E-state index is 0.0308. The van der Waals surface area contributed by atoms with Crippen molar-refractivity contribution in [1.29, 1.82) is 0 Å². The van der Waals surface area contributed by atoms with Crippen LogP contribution in [0.4, 0.5) is 0 Å². The Morgan fingerprint density at radius 1 is 1.25 bits per heavy atom. The molecule has 0 saturated carbocycles. The van der Waals surface area contributed by atoms with Crippen molar-refractivity contribution in [2.45, 2.75) is 26.3 Å². The number of aryl methyl sites for hydroxylation is 1. The molecular formula is C16H17BrClNO. The third-order valence-electron chi connectivity index (χ3n) is 2.96. The molecule has 2 N–H and O–H groups in total. The van der Waals surface area contributed by atoms with Crippen LogP contribution in [0.15, 0.2) is 40.9 Å². The molecule has 2 nitrogen and oxygen atoms in total. The van der Waals surface area contributed by atoms with Gasteiger partial charge in [0.25, 0.3) is 0 Å². The smallest absolute Gasteiger partial charge is 0.132 e. The first-order valence-corrected chi connectivity index (χ1v) is 7.61. The summed E-state index contributed by atoms with van der Waals surface area (Å²) in [5.74, 6) is 1.58. The van der Waals surface area contributed by atoms with Crippen molar-refractivity contribution in [2.75, 3.05) is 0 Å². The van der Waals surface area contributed by atoms with Crippen LogP contribution >= 0.6 is 27.5 Å². The van der Waals surface area contributed by atoms with E-state index in [0.717, 1.165) is 27.1 Å². The molecule has 1 atom stereocenters. The van der Waals surface area contributed by atoms with Crippen LogP contribution in [-0.4, -0.2) is 6.04 Å². The van der Waals surface area contributed by atoms with Crippen LogP contribution in [0.3, 0.4) is 0 Å². The standard InChI is InChI=1S/C16H17BrClNO/c1-10-8-12(17)6-7-15(10)20-16-5-3-4-14(18)13(16)9-11(2)19/h3-8,11H,9,19H2,1-2H3. The van der Waals surface area contributed by atoms with Crippen molar-refractivity contribution in [2.24, 2.45) is 5.73 Å². The highest BCUT2D eigenvalue weighted by atomic mass is 79.9. The Morgan fingerprint density at radius 2 is 2.00 bits per heavy atom. The van der Waals surface area contributed by atoms with Gasteiger partial charge in [0.1, 0.15) is 11.5 Å². The van der Waals surface area contributed by atoms with E-state index in [0.29, 0.717) is 11.4 Å². The average Bonchev–Trinajstić information content (AvgIpc) is 2.36. The number of nitrogens with two attached hydrogens (primary N) is 1. The molecular weight excluding hydrogens is 338 g/mol. The maximum absolute atomic E-state index is 6.26. The van der Waals surface area contributed by atoms with E-state index < -0.39 is 0 Å². The summed E-state index contributed by atoms with van der Waals surface area (Å²) in [4.78, 5) is 0. The molecule has 4 heteroatoms. The van der Waals surface area contributed by atoms with Gasteiger partial charge in [0.2, 0.25) is 0 Å². The Balaban J connectivity index is 2.35.